The van der Waals surface area contributed by atoms with Crippen molar-refractivity contribution >= 4 is 11.1 Å². The topological polar surface area (TPSA) is 46.3 Å². The normalized spacial score (nSPS) is 13.4. The van der Waals surface area contributed by atoms with Gasteiger partial charge in [-0.3, -0.25) is 0 Å². The molecule has 1 atom stereocenters. The Morgan fingerprint density at radius 1 is 1.54 bits per heavy atom. The highest BCUT2D eigenvalue weighted by molar-refractivity contribution is 5.76. The minimum Gasteiger partial charge on any atom is -0.443 e. The minimum absolute atomic E-state index is 0.105. The van der Waals surface area contributed by atoms with E-state index in [9.17, 15) is 0 Å². The summed E-state index contributed by atoms with van der Waals surface area (Å²) in [6, 6.07) is 5.75. The van der Waals surface area contributed by atoms with E-state index in [1.54, 1.807) is 0 Å². The summed E-state index contributed by atoms with van der Waals surface area (Å²) in [5.41, 5.74) is 2.66. The molecule has 0 bridgehead atoms. The summed E-state index contributed by atoms with van der Waals surface area (Å²) in [6.45, 7) is 2.09. The van der Waals surface area contributed by atoms with Crippen LogP contribution in [-0.4, -0.2) is 16.7 Å². The molecular formula is C10H11NO2. The van der Waals surface area contributed by atoms with Gasteiger partial charge in [0.1, 0.15) is 5.52 Å². The van der Waals surface area contributed by atoms with Gasteiger partial charge in [-0.05, 0) is 11.6 Å². The monoisotopic (exact) mass is 177 g/mol. The Kier molecular flexibility index (Phi) is 2.02. The first-order valence-corrected chi connectivity index (χ1v) is 4.26. The highest BCUT2D eigenvalue weighted by atomic mass is 16.3. The summed E-state index contributed by atoms with van der Waals surface area (Å²) in [4.78, 5) is 4.11. The molecule has 0 aliphatic carbocycles. The lowest BCUT2D eigenvalue weighted by molar-refractivity contribution is 0.273. The van der Waals surface area contributed by atoms with Crippen LogP contribution in [0.4, 0.5) is 0 Å². The quantitative estimate of drug-likeness (QED) is 0.762. The van der Waals surface area contributed by atoms with Gasteiger partial charge in [-0.15, -0.1) is 0 Å². The van der Waals surface area contributed by atoms with Crippen molar-refractivity contribution in [3.8, 4) is 0 Å². The number of hydrogen-bond donors (Lipinski definition) is 1. The number of nitrogens with zero attached hydrogens (tertiary/aromatic N) is 1. The van der Waals surface area contributed by atoms with E-state index in [2.05, 4.69) is 4.98 Å². The molecule has 0 fully saturated rings. The van der Waals surface area contributed by atoms with E-state index in [1.165, 1.54) is 6.39 Å². The first-order valence-electron chi connectivity index (χ1n) is 4.26. The van der Waals surface area contributed by atoms with Gasteiger partial charge in [0.2, 0.25) is 0 Å². The van der Waals surface area contributed by atoms with Gasteiger partial charge in [0.25, 0.3) is 0 Å². The van der Waals surface area contributed by atoms with Crippen LogP contribution in [0.1, 0.15) is 18.4 Å². The molecular weight excluding hydrogens is 166 g/mol. The number of aliphatic hydroxyl groups is 1. The Labute approximate surface area is 76.0 Å². The number of aromatic nitrogens is 1. The summed E-state index contributed by atoms with van der Waals surface area (Å²) < 4.78 is 5.16. The molecule has 0 aliphatic rings. The summed E-state index contributed by atoms with van der Waals surface area (Å²) >= 11 is 0. The van der Waals surface area contributed by atoms with Gasteiger partial charge in [-0.1, -0.05) is 19.1 Å². The fourth-order valence-electron chi connectivity index (χ4n) is 1.40. The molecule has 1 aromatic carbocycles. The van der Waals surface area contributed by atoms with Crippen LogP contribution in [0, 0.1) is 0 Å². The highest BCUT2D eigenvalue weighted by Crippen LogP contribution is 2.23. The summed E-state index contributed by atoms with van der Waals surface area (Å²) in [5, 5.41) is 9.03. The van der Waals surface area contributed by atoms with Crippen LogP contribution in [-0.2, 0) is 0 Å². The van der Waals surface area contributed by atoms with Crippen LogP contribution < -0.4 is 0 Å². The van der Waals surface area contributed by atoms with Gasteiger partial charge in [0.05, 0.1) is 0 Å². The molecule has 3 heteroatoms. The second-order valence-electron chi connectivity index (χ2n) is 3.13. The number of benzene rings is 1. The summed E-state index contributed by atoms with van der Waals surface area (Å²) in [6.07, 6.45) is 1.43. The zero-order chi connectivity index (χ0) is 9.26. The molecule has 68 valence electrons. The van der Waals surface area contributed by atoms with Gasteiger partial charge >= 0.3 is 0 Å². The van der Waals surface area contributed by atoms with Crippen LogP contribution in [0.2, 0.25) is 0 Å². The molecule has 13 heavy (non-hydrogen) atoms. The van der Waals surface area contributed by atoms with E-state index in [0.717, 1.165) is 16.7 Å². The fourth-order valence-corrected chi connectivity index (χ4v) is 1.40. The maximum Gasteiger partial charge on any atom is 0.181 e. The van der Waals surface area contributed by atoms with Crippen molar-refractivity contribution in [3.63, 3.8) is 0 Å². The van der Waals surface area contributed by atoms with Crippen molar-refractivity contribution in [2.45, 2.75) is 12.8 Å². The number of hydrogen-bond acceptors (Lipinski definition) is 3. The molecule has 0 saturated carbocycles. The van der Waals surface area contributed by atoms with Gasteiger partial charge in [0.15, 0.2) is 12.0 Å². The molecule has 1 N–H and O–H groups in total. The number of oxazole rings is 1. The first-order chi connectivity index (χ1) is 6.33. The van der Waals surface area contributed by atoms with E-state index < -0.39 is 0 Å². The third kappa shape index (κ3) is 1.31. The lowest BCUT2D eigenvalue weighted by Gasteiger charge is -2.07. The Morgan fingerprint density at radius 3 is 3.15 bits per heavy atom. The molecule has 0 amide bonds. The third-order valence-electron chi connectivity index (χ3n) is 2.20. The van der Waals surface area contributed by atoms with Crippen molar-refractivity contribution in [2.75, 3.05) is 6.61 Å². The fraction of sp³-hybridized carbons (Fsp3) is 0.300. The van der Waals surface area contributed by atoms with Crippen molar-refractivity contribution in [1.29, 1.82) is 0 Å². The molecule has 0 spiro atoms. The number of aliphatic hydroxyl groups excluding tert-OH is 1. The maximum atomic E-state index is 9.03. The molecule has 1 aromatic heterocycles. The van der Waals surface area contributed by atoms with Crippen LogP contribution in [0.25, 0.3) is 11.1 Å². The van der Waals surface area contributed by atoms with Gasteiger partial charge in [-0.25, -0.2) is 4.98 Å². The molecule has 0 saturated heterocycles. The van der Waals surface area contributed by atoms with E-state index in [-0.39, 0.29) is 12.5 Å². The molecule has 2 aromatic rings. The van der Waals surface area contributed by atoms with E-state index >= 15 is 0 Å². The zero-order valence-electron chi connectivity index (χ0n) is 7.40. The standard InChI is InChI=1S/C10H11NO2/c1-7(5-12)8-3-2-4-9-10(8)11-6-13-9/h2-4,6-7,12H,5H2,1H3. The third-order valence-corrected chi connectivity index (χ3v) is 2.20. The molecule has 1 unspecified atom stereocenters. The maximum absolute atomic E-state index is 9.03. The Hall–Kier alpha value is -1.35. The second-order valence-corrected chi connectivity index (χ2v) is 3.13. The Balaban J connectivity index is 2.60. The highest BCUT2D eigenvalue weighted by Gasteiger charge is 2.10. The van der Waals surface area contributed by atoms with E-state index in [1.807, 2.05) is 25.1 Å². The summed E-state index contributed by atoms with van der Waals surface area (Å²) in [7, 11) is 0. The lowest BCUT2D eigenvalue weighted by Crippen LogP contribution is -1.99. The Morgan fingerprint density at radius 2 is 2.38 bits per heavy atom. The van der Waals surface area contributed by atoms with Crippen LogP contribution in [0.3, 0.4) is 0 Å². The SMILES string of the molecule is CC(CO)c1cccc2ocnc12. The van der Waals surface area contributed by atoms with Gasteiger partial charge in [-0.2, -0.15) is 0 Å². The average Bonchev–Trinajstić information content (AvgIpc) is 2.63. The first kappa shape index (κ1) is 8.26. The van der Waals surface area contributed by atoms with Gasteiger partial charge in [0, 0.05) is 12.5 Å². The molecule has 3 nitrogen and oxygen atoms in total. The van der Waals surface area contributed by atoms with Crippen LogP contribution >= 0.6 is 0 Å². The Bertz CT molecular complexity index is 408. The molecule has 0 radical (unpaired) electrons. The molecule has 2 rings (SSSR count). The molecule has 0 aliphatic heterocycles. The van der Waals surface area contributed by atoms with Crippen molar-refractivity contribution in [3.05, 3.63) is 30.2 Å². The number of para-hydroxylation sites is 1. The average molecular weight is 177 g/mol. The van der Waals surface area contributed by atoms with E-state index in [0.29, 0.717) is 0 Å². The van der Waals surface area contributed by atoms with Gasteiger partial charge < -0.3 is 9.52 Å². The number of fused-ring (bicyclic) bond motifs is 1. The lowest BCUT2D eigenvalue weighted by atomic mass is 10.0. The summed E-state index contributed by atoms with van der Waals surface area (Å²) in [5.74, 6) is 0.105. The van der Waals surface area contributed by atoms with Crippen LogP contribution in [0.15, 0.2) is 29.0 Å². The zero-order valence-corrected chi connectivity index (χ0v) is 7.40. The molecule has 1 heterocycles. The number of rotatable bonds is 2. The van der Waals surface area contributed by atoms with Crippen molar-refractivity contribution < 1.29 is 9.52 Å². The largest absolute Gasteiger partial charge is 0.443 e. The minimum atomic E-state index is 0.105. The van der Waals surface area contributed by atoms with E-state index in [4.69, 9.17) is 9.52 Å². The van der Waals surface area contributed by atoms with Crippen LogP contribution in [0.5, 0.6) is 0 Å². The van der Waals surface area contributed by atoms with Crippen molar-refractivity contribution in [1.82, 2.24) is 4.98 Å². The predicted molar refractivity (Wildman–Crippen MR) is 49.5 cm³/mol. The van der Waals surface area contributed by atoms with Crippen molar-refractivity contribution in [2.24, 2.45) is 0 Å². The smallest absolute Gasteiger partial charge is 0.181 e. The predicted octanol–water partition coefficient (Wildman–Crippen LogP) is 1.92. The second kappa shape index (κ2) is 3.18.